The van der Waals surface area contributed by atoms with Crippen LogP contribution >= 0.6 is 23.2 Å². The maximum Gasteiger partial charge on any atom is 0.321 e. The average molecular weight is 385 g/mol. The van der Waals surface area contributed by atoms with Crippen molar-refractivity contribution >= 4 is 41.1 Å². The molecule has 7 nitrogen and oxygen atoms in total. The molecule has 0 atom stereocenters. The van der Waals surface area contributed by atoms with Crippen molar-refractivity contribution in [1.29, 1.82) is 0 Å². The Balaban J connectivity index is 1.69. The van der Waals surface area contributed by atoms with Gasteiger partial charge in [0.05, 0.1) is 19.2 Å². The minimum absolute atomic E-state index is 0.117. The summed E-state index contributed by atoms with van der Waals surface area (Å²) in [5.74, 6) is -0.878. The fourth-order valence-corrected chi connectivity index (χ4v) is 2.28. The Morgan fingerprint density at radius 2 is 1.96 bits per heavy atom. The third kappa shape index (κ3) is 6.48. The summed E-state index contributed by atoms with van der Waals surface area (Å²) >= 11 is 11.7. The van der Waals surface area contributed by atoms with Crippen LogP contribution in [-0.4, -0.2) is 24.5 Å². The van der Waals surface area contributed by atoms with Crippen molar-refractivity contribution in [1.82, 2.24) is 10.6 Å². The van der Waals surface area contributed by atoms with Gasteiger partial charge in [0, 0.05) is 10.0 Å². The van der Waals surface area contributed by atoms with Crippen LogP contribution in [0.15, 0.2) is 41.0 Å². The summed E-state index contributed by atoms with van der Waals surface area (Å²) in [5, 5.41) is 5.22. The van der Waals surface area contributed by atoms with Crippen LogP contribution in [0.25, 0.3) is 0 Å². The van der Waals surface area contributed by atoms with Crippen molar-refractivity contribution < 1.29 is 23.5 Å². The fraction of sp³-hybridized carbons (Fsp3) is 0.188. The van der Waals surface area contributed by atoms with E-state index in [-0.39, 0.29) is 13.0 Å². The van der Waals surface area contributed by atoms with Crippen molar-refractivity contribution in [2.75, 3.05) is 6.61 Å². The molecule has 0 aliphatic heterocycles. The van der Waals surface area contributed by atoms with Gasteiger partial charge in [-0.1, -0.05) is 29.3 Å². The number of benzene rings is 1. The van der Waals surface area contributed by atoms with Crippen LogP contribution in [0.2, 0.25) is 10.0 Å². The van der Waals surface area contributed by atoms with Gasteiger partial charge in [-0.15, -0.1) is 0 Å². The molecular formula is C16H14Cl2N2O5. The number of nitrogens with one attached hydrogen (secondary N) is 2. The van der Waals surface area contributed by atoms with Crippen LogP contribution in [-0.2, 0) is 27.3 Å². The van der Waals surface area contributed by atoms with Gasteiger partial charge in [0.2, 0.25) is 0 Å². The molecule has 1 aromatic heterocycles. The average Bonchev–Trinajstić information content (AvgIpc) is 3.07. The van der Waals surface area contributed by atoms with Crippen LogP contribution in [0, 0.1) is 0 Å². The van der Waals surface area contributed by atoms with Gasteiger partial charge in [0.1, 0.15) is 5.76 Å². The lowest BCUT2D eigenvalue weighted by molar-refractivity contribution is -0.147. The predicted octanol–water partition coefficient (Wildman–Crippen LogP) is 2.70. The molecule has 0 bridgehead atoms. The molecule has 0 saturated heterocycles. The maximum absolute atomic E-state index is 11.7. The standard InChI is InChI=1S/C16H14Cl2N2O5/c17-11-4-3-10(13(18)7-11)6-15(22)25-9-14(21)20-16(23)19-8-12-2-1-5-24-12/h1-5,7H,6,8-9H2,(H2,19,20,21,23). The number of carbonyl (C=O) groups excluding carboxylic acids is 3. The molecule has 0 spiro atoms. The van der Waals surface area contributed by atoms with E-state index in [1.165, 1.54) is 12.3 Å². The highest BCUT2D eigenvalue weighted by Gasteiger charge is 2.13. The molecule has 3 amide bonds. The number of ether oxygens (including phenoxy) is 1. The van der Waals surface area contributed by atoms with Gasteiger partial charge in [0.15, 0.2) is 6.61 Å². The number of halogens is 2. The zero-order chi connectivity index (χ0) is 18.2. The molecule has 0 aliphatic rings. The molecule has 2 aromatic rings. The Bertz CT molecular complexity index is 762. The third-order valence-electron chi connectivity index (χ3n) is 2.97. The molecule has 0 radical (unpaired) electrons. The summed E-state index contributed by atoms with van der Waals surface area (Å²) in [7, 11) is 0. The number of furan rings is 1. The van der Waals surface area contributed by atoms with E-state index in [1.807, 2.05) is 5.32 Å². The van der Waals surface area contributed by atoms with E-state index < -0.39 is 24.5 Å². The van der Waals surface area contributed by atoms with Crippen molar-refractivity contribution in [3.05, 3.63) is 58.0 Å². The monoisotopic (exact) mass is 384 g/mol. The molecule has 1 aromatic carbocycles. The van der Waals surface area contributed by atoms with Gasteiger partial charge in [-0.2, -0.15) is 0 Å². The summed E-state index contributed by atoms with van der Waals surface area (Å²) in [5.41, 5.74) is 0.521. The Labute approximate surface area is 153 Å². The summed E-state index contributed by atoms with van der Waals surface area (Å²) in [4.78, 5) is 34.8. The molecule has 0 saturated carbocycles. The van der Waals surface area contributed by atoms with E-state index >= 15 is 0 Å². The van der Waals surface area contributed by atoms with Crippen LogP contribution in [0.1, 0.15) is 11.3 Å². The highest BCUT2D eigenvalue weighted by atomic mass is 35.5. The zero-order valence-corrected chi connectivity index (χ0v) is 14.4. The molecule has 2 rings (SSSR count). The van der Waals surface area contributed by atoms with Crippen molar-refractivity contribution in [2.24, 2.45) is 0 Å². The van der Waals surface area contributed by atoms with Crippen LogP contribution in [0.5, 0.6) is 0 Å². The zero-order valence-electron chi connectivity index (χ0n) is 12.9. The van der Waals surface area contributed by atoms with Gasteiger partial charge in [-0.3, -0.25) is 14.9 Å². The van der Waals surface area contributed by atoms with Gasteiger partial charge in [0.25, 0.3) is 5.91 Å². The van der Waals surface area contributed by atoms with Crippen molar-refractivity contribution in [3.63, 3.8) is 0 Å². The molecule has 2 N–H and O–H groups in total. The topological polar surface area (TPSA) is 97.6 Å². The number of carbonyl (C=O) groups is 3. The highest BCUT2D eigenvalue weighted by Crippen LogP contribution is 2.21. The van der Waals surface area contributed by atoms with Gasteiger partial charge in [-0.25, -0.2) is 4.79 Å². The second-order valence-electron chi connectivity index (χ2n) is 4.88. The van der Waals surface area contributed by atoms with Crippen LogP contribution in [0.3, 0.4) is 0 Å². The first-order chi connectivity index (χ1) is 11.9. The smallest absolute Gasteiger partial charge is 0.321 e. The number of hydrogen-bond donors (Lipinski definition) is 2. The predicted molar refractivity (Wildman–Crippen MR) is 90.2 cm³/mol. The van der Waals surface area contributed by atoms with E-state index in [0.29, 0.717) is 21.4 Å². The first-order valence-electron chi connectivity index (χ1n) is 7.13. The Kier molecular flexibility index (Phi) is 6.85. The molecule has 132 valence electrons. The van der Waals surface area contributed by atoms with Crippen molar-refractivity contribution in [2.45, 2.75) is 13.0 Å². The van der Waals surface area contributed by atoms with Crippen LogP contribution in [0.4, 0.5) is 4.79 Å². The minimum Gasteiger partial charge on any atom is -0.467 e. The molecule has 9 heteroatoms. The van der Waals surface area contributed by atoms with E-state index in [4.69, 9.17) is 32.4 Å². The largest absolute Gasteiger partial charge is 0.467 e. The second kappa shape index (κ2) is 9.10. The molecule has 25 heavy (non-hydrogen) atoms. The van der Waals surface area contributed by atoms with E-state index in [2.05, 4.69) is 5.32 Å². The Hall–Kier alpha value is -2.51. The summed E-state index contributed by atoms with van der Waals surface area (Å²) in [6.45, 7) is -0.459. The SMILES string of the molecule is O=C(COC(=O)Cc1ccc(Cl)cc1Cl)NC(=O)NCc1ccco1. The maximum atomic E-state index is 11.7. The number of hydrogen-bond acceptors (Lipinski definition) is 5. The normalized spacial score (nSPS) is 10.2. The summed E-state index contributed by atoms with van der Waals surface area (Å²) in [6.07, 6.45) is 1.35. The number of esters is 1. The second-order valence-corrected chi connectivity index (χ2v) is 5.73. The molecule has 0 fully saturated rings. The highest BCUT2D eigenvalue weighted by molar-refractivity contribution is 6.35. The lowest BCUT2D eigenvalue weighted by atomic mass is 10.1. The first kappa shape index (κ1) is 18.8. The minimum atomic E-state index is -0.757. The van der Waals surface area contributed by atoms with E-state index in [1.54, 1.807) is 24.3 Å². The molecule has 1 heterocycles. The lowest BCUT2D eigenvalue weighted by Crippen LogP contribution is -2.41. The van der Waals surface area contributed by atoms with Gasteiger partial charge >= 0.3 is 12.0 Å². The summed E-state index contributed by atoms with van der Waals surface area (Å²) in [6, 6.07) is 7.30. The molecule has 0 unspecified atom stereocenters. The number of imide groups is 1. The Morgan fingerprint density at radius 1 is 1.16 bits per heavy atom. The number of rotatable bonds is 6. The van der Waals surface area contributed by atoms with Crippen molar-refractivity contribution in [3.8, 4) is 0 Å². The number of urea groups is 1. The first-order valence-corrected chi connectivity index (χ1v) is 7.89. The van der Waals surface area contributed by atoms with Gasteiger partial charge < -0.3 is 14.5 Å². The van der Waals surface area contributed by atoms with E-state index in [0.717, 1.165) is 0 Å². The quantitative estimate of drug-likeness (QED) is 0.746. The van der Waals surface area contributed by atoms with Gasteiger partial charge in [-0.05, 0) is 29.8 Å². The third-order valence-corrected chi connectivity index (χ3v) is 3.56. The number of amides is 3. The van der Waals surface area contributed by atoms with E-state index in [9.17, 15) is 14.4 Å². The lowest BCUT2D eigenvalue weighted by Gasteiger charge is -2.07. The fourth-order valence-electron chi connectivity index (χ4n) is 1.81. The Morgan fingerprint density at radius 3 is 2.64 bits per heavy atom. The van der Waals surface area contributed by atoms with Crippen LogP contribution < -0.4 is 10.6 Å². The molecule has 0 aliphatic carbocycles. The summed E-state index contributed by atoms with van der Waals surface area (Å²) < 4.78 is 9.83. The molecular weight excluding hydrogens is 371 g/mol.